The second-order valence-corrected chi connectivity index (χ2v) is 3.16. The SMILES string of the molecule is CCC(Br)N(C(N)=O)C(=O)CO. The van der Waals surface area contributed by atoms with Crippen LogP contribution in [-0.4, -0.2) is 33.5 Å². The Morgan fingerprint density at radius 1 is 1.67 bits per heavy atom. The first-order valence-electron chi connectivity index (χ1n) is 3.41. The Balaban J connectivity index is 4.43. The van der Waals surface area contributed by atoms with Gasteiger partial charge >= 0.3 is 6.03 Å². The van der Waals surface area contributed by atoms with Gasteiger partial charge in [0.25, 0.3) is 5.91 Å². The fourth-order valence-corrected chi connectivity index (χ4v) is 1.11. The van der Waals surface area contributed by atoms with Gasteiger partial charge < -0.3 is 10.8 Å². The maximum atomic E-state index is 10.9. The molecule has 70 valence electrons. The highest BCUT2D eigenvalue weighted by molar-refractivity contribution is 9.09. The minimum Gasteiger partial charge on any atom is -0.387 e. The van der Waals surface area contributed by atoms with E-state index in [1.807, 2.05) is 0 Å². The quantitative estimate of drug-likeness (QED) is 0.537. The van der Waals surface area contributed by atoms with Crippen LogP contribution >= 0.6 is 15.9 Å². The third kappa shape index (κ3) is 2.78. The van der Waals surface area contributed by atoms with Gasteiger partial charge in [-0.25, -0.2) is 9.69 Å². The molecule has 0 fully saturated rings. The van der Waals surface area contributed by atoms with Gasteiger partial charge in [-0.05, 0) is 6.42 Å². The molecule has 0 bridgehead atoms. The van der Waals surface area contributed by atoms with Crippen LogP contribution in [0.5, 0.6) is 0 Å². The Bertz CT molecular complexity index is 186. The maximum absolute atomic E-state index is 10.9. The number of rotatable bonds is 3. The molecule has 0 saturated carbocycles. The van der Waals surface area contributed by atoms with E-state index in [0.717, 1.165) is 4.90 Å². The molecule has 0 aliphatic heterocycles. The minimum absolute atomic E-state index is 0.449. The summed E-state index contributed by atoms with van der Waals surface area (Å²) in [5, 5.41) is 8.48. The summed E-state index contributed by atoms with van der Waals surface area (Å²) < 4.78 is 0. The second kappa shape index (κ2) is 5.10. The number of carbonyl (C=O) groups is 2. The first kappa shape index (κ1) is 11.4. The Hall–Kier alpha value is -0.620. The predicted molar refractivity (Wildman–Crippen MR) is 46.5 cm³/mol. The van der Waals surface area contributed by atoms with Gasteiger partial charge in [0.1, 0.15) is 6.61 Å². The van der Waals surface area contributed by atoms with Crippen LogP contribution in [0.4, 0.5) is 4.79 Å². The molecule has 5 nitrogen and oxygen atoms in total. The number of hydrogen-bond acceptors (Lipinski definition) is 3. The standard InChI is InChI=1S/C6H11BrN2O3/c1-2-4(7)9(6(8)12)5(11)3-10/h4,10H,2-3H2,1H3,(H2,8,12). The fourth-order valence-electron chi connectivity index (χ4n) is 0.676. The van der Waals surface area contributed by atoms with E-state index in [1.54, 1.807) is 6.92 Å². The Morgan fingerprint density at radius 2 is 2.17 bits per heavy atom. The van der Waals surface area contributed by atoms with Crippen molar-refractivity contribution < 1.29 is 14.7 Å². The highest BCUT2D eigenvalue weighted by Gasteiger charge is 2.23. The van der Waals surface area contributed by atoms with Gasteiger partial charge in [-0.1, -0.05) is 22.9 Å². The van der Waals surface area contributed by atoms with E-state index >= 15 is 0 Å². The fraction of sp³-hybridized carbons (Fsp3) is 0.667. The van der Waals surface area contributed by atoms with Gasteiger partial charge in [-0.15, -0.1) is 0 Å². The topological polar surface area (TPSA) is 83.6 Å². The molecular weight excluding hydrogens is 228 g/mol. The van der Waals surface area contributed by atoms with E-state index in [9.17, 15) is 9.59 Å². The molecule has 0 radical (unpaired) electrons. The van der Waals surface area contributed by atoms with Crippen molar-refractivity contribution >= 4 is 27.9 Å². The van der Waals surface area contributed by atoms with Gasteiger partial charge in [0.2, 0.25) is 0 Å². The molecule has 0 saturated heterocycles. The Kier molecular flexibility index (Phi) is 4.84. The van der Waals surface area contributed by atoms with Crippen molar-refractivity contribution in [2.45, 2.75) is 18.3 Å². The molecule has 0 aliphatic carbocycles. The number of amides is 3. The van der Waals surface area contributed by atoms with E-state index in [-0.39, 0.29) is 0 Å². The van der Waals surface area contributed by atoms with Gasteiger partial charge in [0, 0.05) is 0 Å². The van der Waals surface area contributed by atoms with Crippen LogP contribution in [0.1, 0.15) is 13.3 Å². The van der Waals surface area contributed by atoms with Crippen molar-refractivity contribution in [1.29, 1.82) is 0 Å². The predicted octanol–water partition coefficient (Wildman–Crippen LogP) is 0.0170. The number of aliphatic hydroxyl groups is 1. The molecule has 6 heteroatoms. The van der Waals surface area contributed by atoms with Crippen LogP contribution in [0.15, 0.2) is 0 Å². The molecule has 1 unspecified atom stereocenters. The lowest BCUT2D eigenvalue weighted by Crippen LogP contribution is -2.46. The summed E-state index contributed by atoms with van der Waals surface area (Å²) in [6.45, 7) is 1.06. The second-order valence-electron chi connectivity index (χ2n) is 2.10. The van der Waals surface area contributed by atoms with Crippen LogP contribution in [-0.2, 0) is 4.79 Å². The van der Waals surface area contributed by atoms with Gasteiger partial charge in [-0.3, -0.25) is 4.79 Å². The van der Waals surface area contributed by atoms with Gasteiger partial charge in [0.05, 0.1) is 4.95 Å². The summed E-state index contributed by atoms with van der Waals surface area (Å²) in [4.78, 5) is 21.9. The van der Waals surface area contributed by atoms with Gasteiger partial charge in [0.15, 0.2) is 0 Å². The van der Waals surface area contributed by atoms with Gasteiger partial charge in [-0.2, -0.15) is 0 Å². The number of hydrogen-bond donors (Lipinski definition) is 2. The highest BCUT2D eigenvalue weighted by Crippen LogP contribution is 2.10. The molecule has 12 heavy (non-hydrogen) atoms. The number of nitrogens with two attached hydrogens (primary N) is 1. The van der Waals surface area contributed by atoms with Crippen LogP contribution in [0.25, 0.3) is 0 Å². The number of alkyl halides is 1. The molecule has 0 spiro atoms. The van der Waals surface area contributed by atoms with Crippen molar-refractivity contribution in [1.82, 2.24) is 4.90 Å². The number of carbonyl (C=O) groups excluding carboxylic acids is 2. The lowest BCUT2D eigenvalue weighted by atomic mass is 10.4. The number of imide groups is 1. The zero-order chi connectivity index (χ0) is 9.72. The molecule has 3 N–H and O–H groups in total. The number of urea groups is 1. The molecule has 0 aromatic rings. The van der Waals surface area contributed by atoms with Crippen LogP contribution < -0.4 is 5.73 Å². The van der Waals surface area contributed by atoms with E-state index < -0.39 is 23.5 Å². The van der Waals surface area contributed by atoms with Crippen LogP contribution in [0.2, 0.25) is 0 Å². The van der Waals surface area contributed by atoms with Crippen molar-refractivity contribution in [3.05, 3.63) is 0 Å². The Morgan fingerprint density at radius 3 is 2.42 bits per heavy atom. The summed E-state index contributed by atoms with van der Waals surface area (Å²) in [6.07, 6.45) is 0.536. The zero-order valence-corrected chi connectivity index (χ0v) is 8.24. The largest absolute Gasteiger partial charge is 0.387 e. The minimum atomic E-state index is -0.863. The molecule has 0 aromatic heterocycles. The van der Waals surface area contributed by atoms with Crippen molar-refractivity contribution in [2.24, 2.45) is 5.73 Å². The average molecular weight is 239 g/mol. The Labute approximate surface area is 78.6 Å². The summed E-state index contributed by atoms with van der Waals surface area (Å²) in [6, 6.07) is -0.863. The average Bonchev–Trinajstić information content (AvgIpc) is 2.03. The van der Waals surface area contributed by atoms with E-state index in [1.165, 1.54) is 0 Å². The highest BCUT2D eigenvalue weighted by atomic mass is 79.9. The third-order valence-electron chi connectivity index (χ3n) is 1.26. The molecule has 3 amide bonds. The summed E-state index contributed by atoms with van der Waals surface area (Å²) >= 11 is 3.08. The molecule has 0 rings (SSSR count). The summed E-state index contributed by atoms with van der Waals surface area (Å²) in [5.41, 5.74) is 4.91. The molecule has 0 heterocycles. The zero-order valence-electron chi connectivity index (χ0n) is 6.66. The summed E-state index contributed by atoms with van der Waals surface area (Å²) in [7, 11) is 0. The smallest absolute Gasteiger partial charge is 0.322 e. The van der Waals surface area contributed by atoms with Crippen LogP contribution in [0, 0.1) is 0 Å². The lowest BCUT2D eigenvalue weighted by Gasteiger charge is -2.21. The molecule has 0 aliphatic rings. The van der Waals surface area contributed by atoms with E-state index in [2.05, 4.69) is 15.9 Å². The number of primary amides is 1. The first-order valence-corrected chi connectivity index (χ1v) is 4.32. The first-order chi connectivity index (χ1) is 5.54. The normalized spacial score (nSPS) is 12.2. The van der Waals surface area contributed by atoms with E-state index in [4.69, 9.17) is 10.8 Å². The lowest BCUT2D eigenvalue weighted by molar-refractivity contribution is -0.131. The molecule has 1 atom stereocenters. The monoisotopic (exact) mass is 238 g/mol. The van der Waals surface area contributed by atoms with Crippen molar-refractivity contribution in [3.8, 4) is 0 Å². The third-order valence-corrected chi connectivity index (χ3v) is 2.32. The van der Waals surface area contributed by atoms with Crippen LogP contribution in [0.3, 0.4) is 0 Å². The number of aliphatic hydroxyl groups excluding tert-OH is 1. The maximum Gasteiger partial charge on any atom is 0.322 e. The molecular formula is C6H11BrN2O3. The van der Waals surface area contributed by atoms with E-state index in [0.29, 0.717) is 6.42 Å². The van der Waals surface area contributed by atoms with Crippen molar-refractivity contribution in [3.63, 3.8) is 0 Å². The summed E-state index contributed by atoms with van der Waals surface area (Å²) in [5.74, 6) is -0.703. The number of nitrogens with zero attached hydrogens (tertiary/aromatic N) is 1. The van der Waals surface area contributed by atoms with Crippen molar-refractivity contribution in [2.75, 3.05) is 6.61 Å². The molecule has 0 aromatic carbocycles. The number of halogens is 1.